The fraction of sp³-hybridized carbons (Fsp3) is 0.233. The lowest BCUT2D eigenvalue weighted by Crippen LogP contribution is -2.31. The highest BCUT2D eigenvalue weighted by atomic mass is 35.5. The Morgan fingerprint density at radius 2 is 1.79 bits per heavy atom. The normalized spacial score (nSPS) is 12.4. The van der Waals surface area contributed by atoms with Crippen LogP contribution in [0.3, 0.4) is 0 Å². The first kappa shape index (κ1) is 25.8. The number of aryl methyl sites for hydroxylation is 1. The van der Waals surface area contributed by atoms with Gasteiger partial charge in [-0.05, 0) is 48.2 Å². The van der Waals surface area contributed by atoms with Gasteiger partial charge in [-0.15, -0.1) is 0 Å². The average molecular weight is 530 g/mol. The van der Waals surface area contributed by atoms with E-state index in [0.29, 0.717) is 50.9 Å². The number of aromatic nitrogens is 4. The van der Waals surface area contributed by atoms with Gasteiger partial charge in [0, 0.05) is 23.3 Å². The average Bonchev–Trinajstić information content (AvgIpc) is 3.32. The summed E-state index contributed by atoms with van der Waals surface area (Å²) < 4.78 is 18.3. The molecule has 5 rings (SSSR count). The number of nitrogens with zero attached hydrogens (tertiary/aromatic N) is 4. The lowest BCUT2D eigenvalue weighted by molar-refractivity contribution is 0.401. The summed E-state index contributed by atoms with van der Waals surface area (Å²) in [5, 5.41) is 0.992. The molecule has 5 aromatic rings. The smallest absolute Gasteiger partial charge is 0.261 e. The molecule has 8 heteroatoms. The molecule has 0 saturated carbocycles. The molecule has 0 aliphatic heterocycles. The Balaban J connectivity index is 1.79. The molecular weight excluding hydrogens is 501 g/mol. The zero-order chi connectivity index (χ0) is 27.0. The van der Waals surface area contributed by atoms with Gasteiger partial charge in [-0.3, -0.25) is 9.36 Å². The van der Waals surface area contributed by atoms with Crippen molar-refractivity contribution in [2.75, 3.05) is 0 Å². The summed E-state index contributed by atoms with van der Waals surface area (Å²) in [6.07, 6.45) is 1.87. The Morgan fingerprint density at radius 3 is 2.47 bits per heavy atom. The molecule has 3 aromatic carbocycles. The number of benzene rings is 3. The van der Waals surface area contributed by atoms with Crippen LogP contribution in [0.15, 0.2) is 77.7 Å². The van der Waals surface area contributed by atoms with Crippen LogP contribution in [0.1, 0.15) is 42.5 Å². The van der Waals surface area contributed by atoms with Gasteiger partial charge in [0.1, 0.15) is 17.5 Å². The minimum Gasteiger partial charge on any atom is -0.325 e. The number of imidazole rings is 1. The van der Waals surface area contributed by atoms with E-state index in [-0.39, 0.29) is 23.8 Å². The second kappa shape index (κ2) is 10.5. The second-order valence-corrected chi connectivity index (χ2v) is 10.3. The van der Waals surface area contributed by atoms with Crippen molar-refractivity contribution in [3.05, 3.63) is 117 Å². The SMILES string of the molecule is Cc1ccc(-c2nc(CN)cn2C(c2nc3cc(Cl)ccc3c(=O)n2Cc2ccccc2)C(C)C)cc1F. The Labute approximate surface area is 225 Å². The summed E-state index contributed by atoms with van der Waals surface area (Å²) in [4.78, 5) is 23.7. The zero-order valence-electron chi connectivity index (χ0n) is 21.5. The molecule has 0 radical (unpaired) electrons. The minimum atomic E-state index is -0.401. The number of hydrogen-bond acceptors (Lipinski definition) is 4. The van der Waals surface area contributed by atoms with Crippen molar-refractivity contribution in [1.82, 2.24) is 19.1 Å². The maximum Gasteiger partial charge on any atom is 0.261 e. The molecule has 0 spiro atoms. The lowest BCUT2D eigenvalue weighted by atomic mass is 10.0. The Bertz CT molecular complexity index is 1680. The molecule has 0 saturated heterocycles. The van der Waals surface area contributed by atoms with Gasteiger partial charge in [0.05, 0.1) is 29.2 Å². The quantitative estimate of drug-likeness (QED) is 0.276. The van der Waals surface area contributed by atoms with Crippen LogP contribution in [-0.4, -0.2) is 19.1 Å². The van der Waals surface area contributed by atoms with E-state index < -0.39 is 6.04 Å². The van der Waals surface area contributed by atoms with Crippen LogP contribution in [-0.2, 0) is 13.1 Å². The van der Waals surface area contributed by atoms with Crippen LogP contribution in [0.5, 0.6) is 0 Å². The van der Waals surface area contributed by atoms with E-state index >= 15 is 0 Å². The van der Waals surface area contributed by atoms with E-state index in [1.54, 1.807) is 35.8 Å². The molecule has 0 aliphatic rings. The molecule has 0 fully saturated rings. The summed E-state index contributed by atoms with van der Waals surface area (Å²) in [6, 6.07) is 19.6. The fourth-order valence-electron chi connectivity index (χ4n) is 4.80. The van der Waals surface area contributed by atoms with Crippen LogP contribution in [0, 0.1) is 18.7 Å². The van der Waals surface area contributed by atoms with Crippen molar-refractivity contribution < 1.29 is 4.39 Å². The topological polar surface area (TPSA) is 78.7 Å². The molecule has 1 unspecified atom stereocenters. The maximum absolute atomic E-state index is 14.6. The fourth-order valence-corrected chi connectivity index (χ4v) is 4.97. The van der Waals surface area contributed by atoms with Crippen molar-refractivity contribution in [2.45, 2.75) is 39.9 Å². The molecule has 0 amide bonds. The molecule has 0 aliphatic carbocycles. The van der Waals surface area contributed by atoms with Gasteiger partial charge in [-0.25, -0.2) is 14.4 Å². The van der Waals surface area contributed by atoms with E-state index in [2.05, 4.69) is 13.8 Å². The lowest BCUT2D eigenvalue weighted by Gasteiger charge is -2.27. The van der Waals surface area contributed by atoms with Gasteiger partial charge in [0.25, 0.3) is 5.56 Å². The van der Waals surface area contributed by atoms with Gasteiger partial charge in [-0.1, -0.05) is 67.9 Å². The minimum absolute atomic E-state index is 0.00516. The summed E-state index contributed by atoms with van der Waals surface area (Å²) in [5.74, 6) is 0.814. The van der Waals surface area contributed by atoms with Crippen LogP contribution in [0.4, 0.5) is 4.39 Å². The van der Waals surface area contributed by atoms with Gasteiger partial charge in [0.15, 0.2) is 0 Å². The number of nitrogens with two attached hydrogens (primary N) is 1. The van der Waals surface area contributed by atoms with Gasteiger partial charge < -0.3 is 10.3 Å². The third-order valence-electron chi connectivity index (χ3n) is 6.75. The molecule has 194 valence electrons. The van der Waals surface area contributed by atoms with Crippen LogP contribution in [0.2, 0.25) is 5.02 Å². The molecule has 2 heterocycles. The largest absolute Gasteiger partial charge is 0.325 e. The van der Waals surface area contributed by atoms with Gasteiger partial charge >= 0.3 is 0 Å². The predicted octanol–water partition coefficient (Wildman–Crippen LogP) is 6.11. The molecular formula is C30H29ClFN5O. The number of halogens is 2. The molecule has 0 bridgehead atoms. The Hall–Kier alpha value is -3.81. The van der Waals surface area contributed by atoms with E-state index in [4.69, 9.17) is 27.3 Å². The Kier molecular flexibility index (Phi) is 7.15. The highest BCUT2D eigenvalue weighted by Crippen LogP contribution is 2.33. The van der Waals surface area contributed by atoms with E-state index in [1.165, 1.54) is 6.07 Å². The number of hydrogen-bond donors (Lipinski definition) is 1. The summed E-state index contributed by atoms with van der Waals surface area (Å²) in [6.45, 7) is 6.41. The number of rotatable bonds is 7. The highest BCUT2D eigenvalue weighted by molar-refractivity contribution is 6.31. The molecule has 2 N–H and O–H groups in total. The van der Waals surface area contributed by atoms with Crippen LogP contribution < -0.4 is 11.3 Å². The third kappa shape index (κ3) is 4.87. The van der Waals surface area contributed by atoms with E-state index in [1.807, 2.05) is 47.2 Å². The van der Waals surface area contributed by atoms with Gasteiger partial charge in [-0.2, -0.15) is 0 Å². The van der Waals surface area contributed by atoms with Crippen molar-refractivity contribution in [3.63, 3.8) is 0 Å². The monoisotopic (exact) mass is 529 g/mol. The van der Waals surface area contributed by atoms with Crippen LogP contribution >= 0.6 is 11.6 Å². The first-order chi connectivity index (χ1) is 18.3. The maximum atomic E-state index is 14.6. The van der Waals surface area contributed by atoms with Gasteiger partial charge in [0.2, 0.25) is 0 Å². The first-order valence-electron chi connectivity index (χ1n) is 12.5. The van der Waals surface area contributed by atoms with Crippen LogP contribution in [0.25, 0.3) is 22.3 Å². The molecule has 6 nitrogen and oxygen atoms in total. The summed E-state index contributed by atoms with van der Waals surface area (Å²) in [7, 11) is 0. The highest BCUT2D eigenvalue weighted by Gasteiger charge is 2.28. The second-order valence-electron chi connectivity index (χ2n) is 9.83. The van der Waals surface area contributed by atoms with Crippen molar-refractivity contribution in [1.29, 1.82) is 0 Å². The Morgan fingerprint density at radius 1 is 1.03 bits per heavy atom. The molecule has 2 aromatic heterocycles. The van der Waals surface area contributed by atoms with Crippen molar-refractivity contribution >= 4 is 22.5 Å². The summed E-state index contributed by atoms with van der Waals surface area (Å²) in [5.41, 5.74) is 9.17. The summed E-state index contributed by atoms with van der Waals surface area (Å²) >= 11 is 6.29. The molecule has 38 heavy (non-hydrogen) atoms. The van der Waals surface area contributed by atoms with E-state index in [0.717, 1.165) is 5.56 Å². The third-order valence-corrected chi connectivity index (χ3v) is 6.98. The van der Waals surface area contributed by atoms with Crippen molar-refractivity contribution in [3.8, 4) is 11.4 Å². The first-order valence-corrected chi connectivity index (χ1v) is 12.9. The van der Waals surface area contributed by atoms with Crippen molar-refractivity contribution in [2.24, 2.45) is 11.7 Å². The predicted molar refractivity (Wildman–Crippen MR) is 150 cm³/mol. The molecule has 1 atom stereocenters. The zero-order valence-corrected chi connectivity index (χ0v) is 22.3. The number of fused-ring (bicyclic) bond motifs is 1. The standard InChI is InChI=1S/C30H29ClFN5O/c1-18(2)27(36-17-23(15-33)34-28(36)21-10-9-19(3)25(32)13-21)29-35-26-14-22(31)11-12-24(26)30(38)37(29)16-20-7-5-4-6-8-20/h4-14,17-18,27H,15-16,33H2,1-3H3. The van der Waals surface area contributed by atoms with E-state index in [9.17, 15) is 9.18 Å².